The van der Waals surface area contributed by atoms with Crippen molar-refractivity contribution in [3.63, 3.8) is 0 Å². The summed E-state index contributed by atoms with van der Waals surface area (Å²) in [6.07, 6.45) is 0.825. The number of amides is 2. The van der Waals surface area contributed by atoms with E-state index < -0.39 is 21.9 Å². The Morgan fingerprint density at radius 1 is 0.974 bits per heavy atom. The van der Waals surface area contributed by atoms with E-state index >= 15 is 0 Å². The first-order chi connectivity index (χ1) is 18.1. The van der Waals surface area contributed by atoms with Crippen LogP contribution in [0.25, 0.3) is 0 Å². The highest BCUT2D eigenvalue weighted by Crippen LogP contribution is 2.26. The van der Waals surface area contributed by atoms with Crippen LogP contribution in [0.4, 0.5) is 10.1 Å². The largest absolute Gasteiger partial charge is 0.343 e. The van der Waals surface area contributed by atoms with Crippen LogP contribution in [0.15, 0.2) is 82.2 Å². The predicted molar refractivity (Wildman–Crippen MR) is 148 cm³/mol. The van der Waals surface area contributed by atoms with Gasteiger partial charge in [-0.15, -0.1) is 0 Å². The lowest BCUT2D eigenvalue weighted by Gasteiger charge is -2.32. The Balaban J connectivity index is 1.41. The summed E-state index contributed by atoms with van der Waals surface area (Å²) >= 11 is 9.25. The maximum atomic E-state index is 13.5. The fourth-order valence-electron chi connectivity index (χ4n) is 4.26. The third-order valence-electron chi connectivity index (χ3n) is 6.40. The highest BCUT2D eigenvalue weighted by atomic mass is 79.9. The van der Waals surface area contributed by atoms with Crippen LogP contribution in [0.1, 0.15) is 30.9 Å². The van der Waals surface area contributed by atoms with Gasteiger partial charge in [0, 0.05) is 40.6 Å². The monoisotopic (exact) mass is 621 g/mol. The third-order valence-corrected chi connectivity index (χ3v) is 8.67. The van der Waals surface area contributed by atoms with Crippen molar-refractivity contribution in [3.8, 4) is 0 Å². The molecule has 0 radical (unpaired) electrons. The minimum absolute atomic E-state index is 0.000869. The average Bonchev–Trinajstić information content (AvgIpc) is 2.90. The van der Waals surface area contributed by atoms with Crippen LogP contribution in [-0.2, 0) is 19.6 Å². The van der Waals surface area contributed by atoms with Crippen molar-refractivity contribution in [2.75, 3.05) is 18.4 Å². The van der Waals surface area contributed by atoms with Gasteiger partial charge in [0.1, 0.15) is 5.82 Å². The van der Waals surface area contributed by atoms with Gasteiger partial charge < -0.3 is 10.2 Å². The number of halogens is 3. The second kappa shape index (κ2) is 12.4. The van der Waals surface area contributed by atoms with Gasteiger partial charge in [0.05, 0.1) is 10.9 Å². The second-order valence-corrected chi connectivity index (χ2v) is 12.1. The highest BCUT2D eigenvalue weighted by molar-refractivity contribution is 9.10. The van der Waals surface area contributed by atoms with Crippen LogP contribution >= 0.6 is 27.5 Å². The summed E-state index contributed by atoms with van der Waals surface area (Å²) in [6, 6.07) is 17.4. The third kappa shape index (κ3) is 7.41. The van der Waals surface area contributed by atoms with Gasteiger partial charge in [-0.05, 0) is 79.1 Å². The first-order valence-electron chi connectivity index (χ1n) is 12.0. The summed E-state index contributed by atoms with van der Waals surface area (Å²) in [5, 5.41) is 3.30. The van der Waals surface area contributed by atoms with E-state index in [1.807, 2.05) is 12.1 Å². The Kier molecular flexibility index (Phi) is 9.19. The Morgan fingerprint density at radius 2 is 1.58 bits per heavy atom. The predicted octanol–water partition coefficient (Wildman–Crippen LogP) is 5.53. The molecule has 200 valence electrons. The van der Waals surface area contributed by atoms with E-state index in [1.165, 1.54) is 48.5 Å². The Morgan fingerprint density at radius 3 is 2.18 bits per heavy atom. The smallest absolute Gasteiger partial charge is 0.241 e. The molecule has 0 aromatic heterocycles. The van der Waals surface area contributed by atoms with Crippen molar-refractivity contribution in [2.45, 2.75) is 30.2 Å². The molecule has 3 aromatic rings. The molecule has 1 aliphatic rings. The van der Waals surface area contributed by atoms with Crippen LogP contribution in [0.5, 0.6) is 0 Å². The standard InChI is InChI=1S/C27H26BrClFN3O4S/c28-20-3-9-23(10-4-20)31-27(35)19-13-15-33(16-14-19)26(34)17-25(18-1-7-22(30)8-2-18)32-38(36,37)24-11-5-21(29)6-12-24/h1-12,19,25,32H,13-17H2,(H,31,35). The van der Waals surface area contributed by atoms with Gasteiger partial charge in [-0.2, -0.15) is 0 Å². The maximum absolute atomic E-state index is 13.5. The number of sulfonamides is 1. The fourth-order valence-corrected chi connectivity index (χ4v) is 5.88. The van der Waals surface area contributed by atoms with Crippen molar-refractivity contribution < 1.29 is 22.4 Å². The zero-order valence-electron chi connectivity index (χ0n) is 20.2. The van der Waals surface area contributed by atoms with E-state index in [0.717, 1.165) is 4.47 Å². The van der Waals surface area contributed by atoms with Gasteiger partial charge in [0.15, 0.2) is 0 Å². The normalized spacial score (nSPS) is 15.2. The molecule has 1 fully saturated rings. The molecule has 1 atom stereocenters. The summed E-state index contributed by atoms with van der Waals surface area (Å²) in [7, 11) is -3.99. The van der Waals surface area contributed by atoms with Gasteiger partial charge in [-0.25, -0.2) is 17.5 Å². The molecule has 0 spiro atoms. The van der Waals surface area contributed by atoms with Crippen LogP contribution in [-0.4, -0.2) is 38.2 Å². The summed E-state index contributed by atoms with van der Waals surface area (Å²) in [6.45, 7) is 0.745. The van der Waals surface area contributed by atoms with Crippen molar-refractivity contribution in [3.05, 3.63) is 93.7 Å². The summed E-state index contributed by atoms with van der Waals surface area (Å²) < 4.78 is 43.1. The van der Waals surface area contributed by atoms with Crippen LogP contribution < -0.4 is 10.0 Å². The quantitative estimate of drug-likeness (QED) is 0.346. The van der Waals surface area contributed by atoms with E-state index in [9.17, 15) is 22.4 Å². The molecule has 2 amide bonds. The van der Waals surface area contributed by atoms with Crippen molar-refractivity contribution in [2.24, 2.45) is 5.92 Å². The molecule has 1 heterocycles. The van der Waals surface area contributed by atoms with Crippen LogP contribution in [0.3, 0.4) is 0 Å². The molecule has 11 heteroatoms. The number of nitrogens with one attached hydrogen (secondary N) is 2. The van der Waals surface area contributed by atoms with Gasteiger partial charge >= 0.3 is 0 Å². The van der Waals surface area contributed by atoms with E-state index in [2.05, 4.69) is 26.0 Å². The minimum atomic E-state index is -3.99. The van der Waals surface area contributed by atoms with Gasteiger partial charge in [-0.1, -0.05) is 39.7 Å². The van der Waals surface area contributed by atoms with Gasteiger partial charge in [0.2, 0.25) is 21.8 Å². The van der Waals surface area contributed by atoms with E-state index in [0.29, 0.717) is 42.2 Å². The molecule has 7 nitrogen and oxygen atoms in total. The minimum Gasteiger partial charge on any atom is -0.343 e. The van der Waals surface area contributed by atoms with E-state index in [-0.39, 0.29) is 29.0 Å². The average molecular weight is 623 g/mol. The summed E-state index contributed by atoms with van der Waals surface area (Å²) in [4.78, 5) is 27.5. The molecule has 1 aliphatic heterocycles. The first-order valence-corrected chi connectivity index (χ1v) is 14.6. The Labute approximate surface area is 234 Å². The SMILES string of the molecule is O=C(Nc1ccc(Br)cc1)C1CCN(C(=O)CC(NS(=O)(=O)c2ccc(Cl)cc2)c2ccc(F)cc2)CC1. The number of likely N-dealkylation sites (tertiary alicyclic amines) is 1. The summed E-state index contributed by atoms with van der Waals surface area (Å²) in [5.74, 6) is -1.06. The number of hydrogen-bond donors (Lipinski definition) is 2. The molecule has 0 bridgehead atoms. The molecule has 1 unspecified atom stereocenters. The van der Waals surface area contributed by atoms with Crippen LogP contribution in [0.2, 0.25) is 5.02 Å². The van der Waals surface area contributed by atoms with E-state index in [4.69, 9.17) is 11.6 Å². The molecule has 2 N–H and O–H groups in total. The number of anilines is 1. The van der Waals surface area contributed by atoms with Crippen LogP contribution in [0, 0.1) is 11.7 Å². The molecule has 1 saturated heterocycles. The molecular weight excluding hydrogens is 597 g/mol. The molecule has 38 heavy (non-hydrogen) atoms. The van der Waals surface area contributed by atoms with Crippen molar-refractivity contribution >= 4 is 55.1 Å². The highest BCUT2D eigenvalue weighted by Gasteiger charge is 2.30. The lowest BCUT2D eigenvalue weighted by Crippen LogP contribution is -2.43. The number of benzene rings is 3. The fraction of sp³-hybridized carbons (Fsp3) is 0.259. The lowest BCUT2D eigenvalue weighted by atomic mass is 9.95. The van der Waals surface area contributed by atoms with Crippen molar-refractivity contribution in [1.82, 2.24) is 9.62 Å². The second-order valence-electron chi connectivity index (χ2n) is 9.03. The van der Waals surface area contributed by atoms with Gasteiger partial charge in [-0.3, -0.25) is 9.59 Å². The number of carbonyl (C=O) groups excluding carboxylic acids is 2. The van der Waals surface area contributed by atoms with E-state index in [1.54, 1.807) is 17.0 Å². The lowest BCUT2D eigenvalue weighted by molar-refractivity contribution is -0.134. The summed E-state index contributed by atoms with van der Waals surface area (Å²) in [5.41, 5.74) is 1.16. The molecule has 4 rings (SSSR count). The Bertz CT molecular complexity index is 1380. The zero-order chi connectivity index (χ0) is 27.3. The Hall–Kier alpha value is -2.79. The number of piperidine rings is 1. The molecular formula is C27H26BrClFN3O4S. The van der Waals surface area contributed by atoms with Crippen molar-refractivity contribution in [1.29, 1.82) is 0 Å². The first kappa shape index (κ1) is 28.2. The number of hydrogen-bond acceptors (Lipinski definition) is 4. The molecule has 3 aromatic carbocycles. The van der Waals surface area contributed by atoms with Gasteiger partial charge in [0.25, 0.3) is 0 Å². The molecule has 0 saturated carbocycles. The number of rotatable bonds is 8. The maximum Gasteiger partial charge on any atom is 0.241 e. The topological polar surface area (TPSA) is 95.6 Å². The molecule has 0 aliphatic carbocycles. The number of carbonyl (C=O) groups is 2. The zero-order valence-corrected chi connectivity index (χ0v) is 23.4. The number of nitrogens with zero attached hydrogens (tertiary/aromatic N) is 1.